The molecule has 0 aliphatic rings. The number of nitrogens with one attached hydrogen (secondary N) is 2. The molecular weight excluding hydrogens is 362 g/mol. The van der Waals surface area contributed by atoms with Gasteiger partial charge in [-0.2, -0.15) is 5.10 Å². The van der Waals surface area contributed by atoms with Gasteiger partial charge >= 0.3 is 0 Å². The Morgan fingerprint density at radius 2 is 2.04 bits per heavy atom. The Morgan fingerprint density at radius 3 is 2.74 bits per heavy atom. The molecule has 27 heavy (non-hydrogen) atoms. The zero-order chi connectivity index (χ0) is 19.8. The molecule has 0 saturated heterocycles. The number of hydrogen-bond acceptors (Lipinski definition) is 6. The van der Waals surface area contributed by atoms with Crippen molar-refractivity contribution < 1.29 is 4.74 Å². The summed E-state index contributed by atoms with van der Waals surface area (Å²) in [6, 6.07) is 1.85. The first kappa shape index (κ1) is 19.7. The molecule has 0 spiro atoms. The van der Waals surface area contributed by atoms with E-state index >= 15 is 0 Å². The van der Waals surface area contributed by atoms with Crippen LogP contribution in [0.1, 0.15) is 39.0 Å². The second-order valence-electron chi connectivity index (χ2n) is 8.02. The van der Waals surface area contributed by atoms with Crippen molar-refractivity contribution in [1.29, 1.82) is 0 Å². The summed E-state index contributed by atoms with van der Waals surface area (Å²) in [5, 5.41) is 9.49. The van der Waals surface area contributed by atoms with E-state index in [9.17, 15) is 4.79 Å². The van der Waals surface area contributed by atoms with Crippen LogP contribution in [0.2, 0.25) is 0 Å². The molecule has 3 aromatic rings. The van der Waals surface area contributed by atoms with Gasteiger partial charge in [-0.15, -0.1) is 11.3 Å². The quantitative estimate of drug-likeness (QED) is 0.649. The van der Waals surface area contributed by atoms with Crippen LogP contribution >= 0.6 is 11.3 Å². The molecule has 0 unspecified atom stereocenters. The zero-order valence-electron chi connectivity index (χ0n) is 16.7. The number of ether oxygens (including phenoxy) is 1. The average molecular weight is 390 g/mol. The van der Waals surface area contributed by atoms with E-state index < -0.39 is 0 Å². The Hall–Kier alpha value is -2.03. The van der Waals surface area contributed by atoms with Crippen molar-refractivity contribution >= 4 is 21.6 Å². The van der Waals surface area contributed by atoms with Gasteiger partial charge in [0, 0.05) is 18.7 Å². The van der Waals surface area contributed by atoms with Gasteiger partial charge in [0.15, 0.2) is 0 Å². The highest BCUT2D eigenvalue weighted by Gasteiger charge is 2.30. The van der Waals surface area contributed by atoms with Crippen LogP contribution in [0.3, 0.4) is 0 Å². The highest BCUT2D eigenvalue weighted by atomic mass is 32.1. The topological polar surface area (TPSA) is 84.8 Å². The first-order chi connectivity index (χ1) is 12.6. The number of aromatic amines is 1. The Balaban J connectivity index is 1.87. The Morgan fingerprint density at radius 1 is 1.30 bits per heavy atom. The maximum Gasteiger partial charge on any atom is 0.270 e. The third-order valence-electron chi connectivity index (χ3n) is 4.39. The molecule has 0 bridgehead atoms. The van der Waals surface area contributed by atoms with Gasteiger partial charge in [0.25, 0.3) is 5.56 Å². The molecule has 7 nitrogen and oxygen atoms in total. The van der Waals surface area contributed by atoms with Gasteiger partial charge in [0.1, 0.15) is 4.70 Å². The number of rotatable bonds is 7. The number of fused-ring (bicyclic) bond motifs is 1. The van der Waals surface area contributed by atoms with Gasteiger partial charge in [-0.1, -0.05) is 0 Å². The van der Waals surface area contributed by atoms with Crippen LogP contribution in [-0.2, 0) is 11.2 Å². The lowest BCUT2D eigenvalue weighted by atomic mass is 9.97. The second-order valence-corrected chi connectivity index (χ2v) is 8.94. The van der Waals surface area contributed by atoms with Crippen LogP contribution < -0.4 is 10.9 Å². The van der Waals surface area contributed by atoms with E-state index in [1.807, 2.05) is 31.6 Å². The van der Waals surface area contributed by atoms with Crippen LogP contribution in [0.15, 0.2) is 22.4 Å². The molecule has 2 N–H and O–H groups in total. The standard InChI is InChI=1S/C19H27N5O2S/c1-12-13(9-18(2,3)26-19(4,5)11-20-6)10-21-24(12)17-22-14-7-8-27-15(14)16(25)23-17/h7-8,10,20H,9,11H2,1-6H3,(H,22,23,25). The Kier molecular flexibility index (Phi) is 5.24. The van der Waals surface area contributed by atoms with Crippen molar-refractivity contribution in [3.8, 4) is 5.95 Å². The van der Waals surface area contributed by atoms with Crippen molar-refractivity contribution in [2.45, 2.75) is 52.2 Å². The van der Waals surface area contributed by atoms with Crippen molar-refractivity contribution in [3.05, 3.63) is 39.3 Å². The minimum absolute atomic E-state index is 0.140. The molecular formula is C19H27N5O2S. The molecule has 0 atom stereocenters. The third-order valence-corrected chi connectivity index (χ3v) is 5.29. The van der Waals surface area contributed by atoms with E-state index in [1.165, 1.54) is 11.3 Å². The maximum atomic E-state index is 12.2. The molecule has 0 fully saturated rings. The fourth-order valence-electron chi connectivity index (χ4n) is 3.50. The lowest BCUT2D eigenvalue weighted by Gasteiger charge is -2.36. The maximum absolute atomic E-state index is 12.2. The molecule has 0 aromatic carbocycles. The monoisotopic (exact) mass is 389 g/mol. The van der Waals surface area contributed by atoms with Gasteiger partial charge in [-0.3, -0.25) is 9.78 Å². The molecule has 3 aromatic heterocycles. The first-order valence-electron chi connectivity index (χ1n) is 8.98. The molecule has 0 amide bonds. The van der Waals surface area contributed by atoms with E-state index in [2.05, 4.69) is 48.1 Å². The summed E-state index contributed by atoms with van der Waals surface area (Å²) in [5.41, 5.74) is 1.91. The fraction of sp³-hybridized carbons (Fsp3) is 0.526. The smallest absolute Gasteiger partial charge is 0.270 e. The van der Waals surface area contributed by atoms with Crippen LogP contribution in [-0.4, -0.2) is 44.5 Å². The number of hydrogen-bond donors (Lipinski definition) is 2. The SMILES string of the molecule is CNCC(C)(C)OC(C)(C)Cc1cnn(-c2nc3ccsc3c(=O)[nH]2)c1C. The second kappa shape index (κ2) is 7.18. The number of thiophene rings is 1. The van der Waals surface area contributed by atoms with E-state index in [4.69, 9.17) is 4.74 Å². The van der Waals surface area contributed by atoms with E-state index in [-0.39, 0.29) is 16.8 Å². The molecule has 3 rings (SSSR count). The number of H-pyrrole nitrogens is 1. The molecule has 0 radical (unpaired) electrons. The minimum Gasteiger partial charge on any atom is -0.368 e. The lowest BCUT2D eigenvalue weighted by molar-refractivity contribution is -0.119. The fourth-order valence-corrected chi connectivity index (χ4v) is 4.22. The summed E-state index contributed by atoms with van der Waals surface area (Å²) < 4.78 is 8.65. The Labute approximate surface area is 162 Å². The first-order valence-corrected chi connectivity index (χ1v) is 9.86. The third kappa shape index (κ3) is 4.28. The van der Waals surface area contributed by atoms with E-state index in [0.29, 0.717) is 22.6 Å². The normalized spacial score (nSPS) is 12.8. The summed E-state index contributed by atoms with van der Waals surface area (Å²) in [6.07, 6.45) is 2.53. The van der Waals surface area contributed by atoms with Gasteiger partial charge in [-0.05, 0) is 58.7 Å². The highest BCUT2D eigenvalue weighted by Crippen LogP contribution is 2.26. The van der Waals surface area contributed by atoms with Crippen molar-refractivity contribution in [2.24, 2.45) is 0 Å². The van der Waals surface area contributed by atoms with Gasteiger partial charge in [-0.25, -0.2) is 9.67 Å². The van der Waals surface area contributed by atoms with Crippen LogP contribution in [0, 0.1) is 6.92 Å². The summed E-state index contributed by atoms with van der Waals surface area (Å²) in [4.78, 5) is 19.6. The summed E-state index contributed by atoms with van der Waals surface area (Å²) in [6.45, 7) is 11.1. The number of nitrogens with zero attached hydrogens (tertiary/aromatic N) is 3. The molecule has 8 heteroatoms. The molecule has 0 aliphatic heterocycles. The van der Waals surface area contributed by atoms with Crippen molar-refractivity contribution in [3.63, 3.8) is 0 Å². The molecule has 146 valence electrons. The Bertz CT molecular complexity index is 999. The van der Waals surface area contributed by atoms with Crippen molar-refractivity contribution in [1.82, 2.24) is 25.1 Å². The van der Waals surface area contributed by atoms with Crippen LogP contribution in [0.5, 0.6) is 0 Å². The van der Waals surface area contributed by atoms with Gasteiger partial charge in [0.2, 0.25) is 5.95 Å². The van der Waals surface area contributed by atoms with Crippen LogP contribution in [0.25, 0.3) is 16.2 Å². The zero-order valence-corrected chi connectivity index (χ0v) is 17.5. The average Bonchev–Trinajstić information content (AvgIpc) is 3.13. The number of aromatic nitrogens is 4. The molecule has 0 aliphatic carbocycles. The van der Waals surface area contributed by atoms with E-state index in [0.717, 1.165) is 17.8 Å². The van der Waals surface area contributed by atoms with Crippen LogP contribution in [0.4, 0.5) is 0 Å². The van der Waals surface area contributed by atoms with Crippen molar-refractivity contribution in [2.75, 3.05) is 13.6 Å². The molecule has 3 heterocycles. The molecule has 0 saturated carbocycles. The summed E-state index contributed by atoms with van der Waals surface area (Å²) in [5.74, 6) is 0.434. The predicted octanol–water partition coefficient (Wildman–Crippen LogP) is 2.81. The van der Waals surface area contributed by atoms with Gasteiger partial charge in [0.05, 0.1) is 22.9 Å². The summed E-state index contributed by atoms with van der Waals surface area (Å²) in [7, 11) is 1.92. The lowest BCUT2D eigenvalue weighted by Crippen LogP contribution is -2.44. The minimum atomic E-state index is -0.364. The van der Waals surface area contributed by atoms with Gasteiger partial charge < -0.3 is 10.1 Å². The highest BCUT2D eigenvalue weighted by molar-refractivity contribution is 7.17. The summed E-state index contributed by atoms with van der Waals surface area (Å²) >= 11 is 1.39. The van der Waals surface area contributed by atoms with E-state index in [1.54, 1.807) is 4.68 Å². The largest absolute Gasteiger partial charge is 0.368 e. The predicted molar refractivity (Wildman–Crippen MR) is 109 cm³/mol. The number of likely N-dealkylation sites (N-methyl/N-ethyl adjacent to an activating group) is 1.